The fourth-order valence-electron chi connectivity index (χ4n) is 2.27. The first-order valence-electron chi connectivity index (χ1n) is 7.60. The predicted octanol–water partition coefficient (Wildman–Crippen LogP) is 4.22. The molecular formula is C18H16FN3O2S. The monoisotopic (exact) mass is 357 g/mol. The smallest absolute Gasteiger partial charge is 0.277 e. The van der Waals surface area contributed by atoms with Gasteiger partial charge in [0.1, 0.15) is 5.82 Å². The molecule has 3 aromatic rings. The summed E-state index contributed by atoms with van der Waals surface area (Å²) < 4.78 is 18.7. The van der Waals surface area contributed by atoms with E-state index in [4.69, 9.17) is 4.42 Å². The van der Waals surface area contributed by atoms with E-state index in [0.29, 0.717) is 5.56 Å². The van der Waals surface area contributed by atoms with E-state index in [2.05, 4.69) is 15.5 Å². The van der Waals surface area contributed by atoms with Crippen LogP contribution in [-0.4, -0.2) is 21.9 Å². The fraction of sp³-hybridized carbons (Fsp3) is 0.167. The Morgan fingerprint density at radius 1 is 1.20 bits per heavy atom. The number of hydrogen-bond donors (Lipinski definition) is 1. The van der Waals surface area contributed by atoms with Crippen LogP contribution in [0, 0.1) is 19.7 Å². The van der Waals surface area contributed by atoms with Crippen LogP contribution in [0.1, 0.15) is 11.1 Å². The molecule has 1 N–H and O–H groups in total. The summed E-state index contributed by atoms with van der Waals surface area (Å²) in [6, 6.07) is 11.7. The van der Waals surface area contributed by atoms with E-state index in [1.165, 1.54) is 12.1 Å². The van der Waals surface area contributed by atoms with Gasteiger partial charge >= 0.3 is 0 Å². The Hall–Kier alpha value is -2.67. The van der Waals surface area contributed by atoms with E-state index in [-0.39, 0.29) is 28.6 Å². The van der Waals surface area contributed by atoms with Crippen molar-refractivity contribution < 1.29 is 13.6 Å². The third-order valence-electron chi connectivity index (χ3n) is 3.46. The van der Waals surface area contributed by atoms with Gasteiger partial charge in [0.2, 0.25) is 11.8 Å². The van der Waals surface area contributed by atoms with Crippen LogP contribution in [0.2, 0.25) is 0 Å². The molecule has 5 nitrogen and oxygen atoms in total. The third kappa shape index (κ3) is 4.45. The van der Waals surface area contributed by atoms with Gasteiger partial charge in [-0.05, 0) is 43.7 Å². The highest BCUT2D eigenvalue weighted by molar-refractivity contribution is 7.99. The minimum atomic E-state index is -0.377. The Labute approximate surface area is 148 Å². The minimum absolute atomic E-state index is 0.137. The molecule has 0 saturated carbocycles. The van der Waals surface area contributed by atoms with Gasteiger partial charge in [0, 0.05) is 11.3 Å². The Bertz CT molecular complexity index is 911. The average Bonchev–Trinajstić information content (AvgIpc) is 3.05. The summed E-state index contributed by atoms with van der Waals surface area (Å²) in [6.45, 7) is 3.94. The Morgan fingerprint density at radius 3 is 2.80 bits per heavy atom. The summed E-state index contributed by atoms with van der Waals surface area (Å²) in [7, 11) is 0. The number of nitrogens with zero attached hydrogens (tertiary/aromatic N) is 2. The zero-order valence-corrected chi connectivity index (χ0v) is 14.6. The first-order chi connectivity index (χ1) is 12.0. The molecule has 0 atom stereocenters. The predicted molar refractivity (Wildman–Crippen MR) is 95.0 cm³/mol. The molecule has 0 aliphatic carbocycles. The van der Waals surface area contributed by atoms with Crippen LogP contribution in [0.15, 0.2) is 52.1 Å². The van der Waals surface area contributed by atoms with Crippen molar-refractivity contribution in [3.63, 3.8) is 0 Å². The number of benzene rings is 2. The molecule has 128 valence electrons. The lowest BCUT2D eigenvalue weighted by atomic mass is 10.1. The molecule has 0 aliphatic heterocycles. The molecule has 0 fully saturated rings. The first-order valence-corrected chi connectivity index (χ1v) is 8.59. The van der Waals surface area contributed by atoms with Crippen molar-refractivity contribution in [2.24, 2.45) is 0 Å². The fourth-order valence-corrected chi connectivity index (χ4v) is 2.84. The van der Waals surface area contributed by atoms with Crippen LogP contribution < -0.4 is 5.32 Å². The summed E-state index contributed by atoms with van der Waals surface area (Å²) in [5.74, 6) is -0.185. The number of rotatable bonds is 5. The van der Waals surface area contributed by atoms with Crippen LogP contribution in [0.5, 0.6) is 0 Å². The van der Waals surface area contributed by atoms with E-state index in [0.717, 1.165) is 28.6 Å². The summed E-state index contributed by atoms with van der Waals surface area (Å²) >= 11 is 1.13. The zero-order chi connectivity index (χ0) is 17.8. The SMILES string of the molecule is Cc1ccc(NC(=O)CSc2nnc(-c3cccc(F)c3)o2)c(C)c1. The molecule has 3 rings (SSSR count). The number of carbonyl (C=O) groups is 1. The quantitative estimate of drug-likeness (QED) is 0.692. The van der Waals surface area contributed by atoms with Crippen LogP contribution in [-0.2, 0) is 4.79 Å². The number of hydrogen-bond acceptors (Lipinski definition) is 5. The molecule has 0 bridgehead atoms. The number of aromatic nitrogens is 2. The van der Waals surface area contributed by atoms with Crippen molar-refractivity contribution in [1.82, 2.24) is 10.2 Å². The van der Waals surface area contributed by atoms with Crippen molar-refractivity contribution in [3.8, 4) is 11.5 Å². The van der Waals surface area contributed by atoms with Crippen LogP contribution in [0.25, 0.3) is 11.5 Å². The largest absolute Gasteiger partial charge is 0.411 e. The van der Waals surface area contributed by atoms with E-state index in [1.54, 1.807) is 12.1 Å². The number of thioether (sulfide) groups is 1. The van der Waals surface area contributed by atoms with Gasteiger partial charge in [-0.25, -0.2) is 4.39 Å². The van der Waals surface area contributed by atoms with Gasteiger partial charge in [-0.15, -0.1) is 10.2 Å². The van der Waals surface area contributed by atoms with Gasteiger partial charge in [0.05, 0.1) is 5.75 Å². The molecule has 25 heavy (non-hydrogen) atoms. The molecule has 0 aliphatic rings. The van der Waals surface area contributed by atoms with E-state index >= 15 is 0 Å². The maximum absolute atomic E-state index is 13.2. The Balaban J connectivity index is 1.59. The normalized spacial score (nSPS) is 10.7. The summed E-state index contributed by atoms with van der Waals surface area (Å²) in [5, 5.41) is 10.9. The molecule has 1 aromatic heterocycles. The molecule has 7 heteroatoms. The third-order valence-corrected chi connectivity index (χ3v) is 4.28. The first kappa shape index (κ1) is 17.2. The summed E-state index contributed by atoms with van der Waals surface area (Å²) in [5.41, 5.74) is 3.42. The lowest BCUT2D eigenvalue weighted by molar-refractivity contribution is -0.113. The highest BCUT2D eigenvalue weighted by Gasteiger charge is 2.12. The second-order valence-corrected chi connectivity index (χ2v) is 6.47. The number of anilines is 1. The van der Waals surface area contributed by atoms with Crippen molar-refractivity contribution in [2.45, 2.75) is 19.1 Å². The van der Waals surface area contributed by atoms with Crippen molar-refractivity contribution in [2.75, 3.05) is 11.1 Å². The standard InChI is InChI=1S/C18H16FN3O2S/c1-11-6-7-15(12(2)8-11)20-16(23)10-25-18-22-21-17(24-18)13-4-3-5-14(19)9-13/h3-9H,10H2,1-2H3,(H,20,23). The van der Waals surface area contributed by atoms with Crippen LogP contribution in [0.3, 0.4) is 0 Å². The minimum Gasteiger partial charge on any atom is -0.411 e. The second kappa shape index (κ2) is 7.48. The highest BCUT2D eigenvalue weighted by atomic mass is 32.2. The lowest BCUT2D eigenvalue weighted by Crippen LogP contribution is -2.14. The molecule has 1 amide bonds. The van der Waals surface area contributed by atoms with Gasteiger partial charge in [0.15, 0.2) is 0 Å². The van der Waals surface area contributed by atoms with Gasteiger partial charge in [-0.2, -0.15) is 0 Å². The maximum atomic E-state index is 13.2. The number of carbonyl (C=O) groups excluding carboxylic acids is 1. The van der Waals surface area contributed by atoms with E-state index in [1.807, 2.05) is 32.0 Å². The number of nitrogens with one attached hydrogen (secondary N) is 1. The topological polar surface area (TPSA) is 68.0 Å². The second-order valence-electron chi connectivity index (χ2n) is 5.54. The van der Waals surface area contributed by atoms with Gasteiger partial charge in [-0.1, -0.05) is 35.5 Å². The molecule has 0 spiro atoms. The molecular weight excluding hydrogens is 341 g/mol. The molecule has 0 radical (unpaired) electrons. The van der Waals surface area contributed by atoms with Crippen LogP contribution in [0.4, 0.5) is 10.1 Å². The maximum Gasteiger partial charge on any atom is 0.277 e. The highest BCUT2D eigenvalue weighted by Crippen LogP contribution is 2.24. The Morgan fingerprint density at radius 2 is 2.04 bits per heavy atom. The molecule has 0 unspecified atom stereocenters. The van der Waals surface area contributed by atoms with E-state index in [9.17, 15) is 9.18 Å². The summed E-state index contributed by atoms with van der Waals surface area (Å²) in [6.07, 6.45) is 0. The zero-order valence-electron chi connectivity index (χ0n) is 13.7. The van der Waals surface area contributed by atoms with Gasteiger partial charge < -0.3 is 9.73 Å². The lowest BCUT2D eigenvalue weighted by Gasteiger charge is -2.08. The van der Waals surface area contributed by atoms with Crippen molar-refractivity contribution >= 4 is 23.4 Å². The number of amides is 1. The van der Waals surface area contributed by atoms with Gasteiger partial charge in [-0.3, -0.25) is 4.79 Å². The molecule has 1 heterocycles. The van der Waals surface area contributed by atoms with Crippen LogP contribution >= 0.6 is 11.8 Å². The average molecular weight is 357 g/mol. The van der Waals surface area contributed by atoms with Gasteiger partial charge in [0.25, 0.3) is 5.22 Å². The molecule has 0 saturated heterocycles. The summed E-state index contributed by atoms with van der Waals surface area (Å²) in [4.78, 5) is 12.1. The Kier molecular flexibility index (Phi) is 5.14. The van der Waals surface area contributed by atoms with Crippen molar-refractivity contribution in [1.29, 1.82) is 0 Å². The number of aryl methyl sites for hydroxylation is 2. The van der Waals surface area contributed by atoms with E-state index < -0.39 is 0 Å². The number of halogens is 1. The molecule has 2 aromatic carbocycles. The van der Waals surface area contributed by atoms with Crippen molar-refractivity contribution in [3.05, 3.63) is 59.4 Å².